The van der Waals surface area contributed by atoms with Gasteiger partial charge in [-0.2, -0.15) is 5.21 Å². The molecule has 90 valence electrons. The zero-order valence-corrected chi connectivity index (χ0v) is 10.6. The molecule has 5 nitrogen and oxygen atoms in total. The number of aromatic nitrogens is 4. The van der Waals surface area contributed by atoms with Gasteiger partial charge >= 0.3 is 0 Å². The fourth-order valence-corrected chi connectivity index (χ4v) is 1.85. The van der Waals surface area contributed by atoms with Gasteiger partial charge in [0, 0.05) is 16.6 Å². The van der Waals surface area contributed by atoms with Crippen LogP contribution in [-0.4, -0.2) is 20.6 Å². The van der Waals surface area contributed by atoms with E-state index in [1.165, 1.54) is 0 Å². The van der Waals surface area contributed by atoms with Crippen molar-refractivity contribution in [2.75, 3.05) is 0 Å². The first-order valence-electron chi connectivity index (χ1n) is 5.07. The molecule has 2 N–H and O–H groups in total. The quantitative estimate of drug-likeness (QED) is 0.896. The van der Waals surface area contributed by atoms with Crippen LogP contribution in [0.3, 0.4) is 0 Å². The van der Waals surface area contributed by atoms with Crippen LogP contribution in [0.25, 0.3) is 0 Å². The summed E-state index contributed by atoms with van der Waals surface area (Å²) in [5, 5.41) is 18.2. The SMILES string of the molecule is CC(NCc1ccc(Cl)cc1Cl)c1nn[nH]n1. The molecule has 17 heavy (non-hydrogen) atoms. The average Bonchev–Trinajstić information content (AvgIpc) is 2.81. The van der Waals surface area contributed by atoms with Crippen LogP contribution in [0.5, 0.6) is 0 Å². The largest absolute Gasteiger partial charge is 0.303 e. The van der Waals surface area contributed by atoms with Crippen molar-refractivity contribution in [1.82, 2.24) is 25.9 Å². The second kappa shape index (κ2) is 5.44. The van der Waals surface area contributed by atoms with Crippen molar-refractivity contribution in [3.63, 3.8) is 0 Å². The first-order chi connectivity index (χ1) is 8.16. The molecule has 2 aromatic rings. The predicted molar refractivity (Wildman–Crippen MR) is 65.9 cm³/mol. The standard InChI is InChI=1S/C10H11Cl2N5/c1-6(10-14-16-17-15-10)13-5-7-2-3-8(11)4-9(7)12/h2-4,6,13H,5H2,1H3,(H,14,15,16,17). The Bertz CT molecular complexity index is 485. The monoisotopic (exact) mass is 271 g/mol. The van der Waals surface area contributed by atoms with E-state index in [1.807, 2.05) is 19.1 Å². The normalized spacial score (nSPS) is 12.6. The van der Waals surface area contributed by atoms with Gasteiger partial charge in [0.15, 0.2) is 5.82 Å². The predicted octanol–water partition coefficient (Wildman–Crippen LogP) is 2.36. The van der Waals surface area contributed by atoms with Crippen LogP contribution in [-0.2, 0) is 6.54 Å². The van der Waals surface area contributed by atoms with Crippen molar-refractivity contribution >= 4 is 23.2 Å². The summed E-state index contributed by atoms with van der Waals surface area (Å²) in [6.07, 6.45) is 0. The highest BCUT2D eigenvalue weighted by Gasteiger charge is 2.10. The number of rotatable bonds is 4. The third-order valence-corrected chi connectivity index (χ3v) is 2.95. The summed E-state index contributed by atoms with van der Waals surface area (Å²) in [6.45, 7) is 2.57. The fourth-order valence-electron chi connectivity index (χ4n) is 1.37. The van der Waals surface area contributed by atoms with Crippen molar-refractivity contribution in [2.45, 2.75) is 19.5 Å². The highest BCUT2D eigenvalue weighted by molar-refractivity contribution is 6.35. The lowest BCUT2D eigenvalue weighted by molar-refractivity contribution is 0.547. The van der Waals surface area contributed by atoms with E-state index in [-0.39, 0.29) is 6.04 Å². The van der Waals surface area contributed by atoms with Gasteiger partial charge in [0.05, 0.1) is 6.04 Å². The maximum absolute atomic E-state index is 6.06. The van der Waals surface area contributed by atoms with Crippen LogP contribution < -0.4 is 5.32 Å². The van der Waals surface area contributed by atoms with Gasteiger partial charge in [-0.25, -0.2) is 0 Å². The second-order valence-electron chi connectivity index (χ2n) is 3.61. The highest BCUT2D eigenvalue weighted by Crippen LogP contribution is 2.21. The molecule has 0 aliphatic carbocycles. The molecule has 0 spiro atoms. The van der Waals surface area contributed by atoms with Gasteiger partial charge in [-0.05, 0) is 24.6 Å². The van der Waals surface area contributed by atoms with Gasteiger partial charge in [0.25, 0.3) is 0 Å². The minimum absolute atomic E-state index is 0.000458. The fraction of sp³-hybridized carbons (Fsp3) is 0.300. The Morgan fingerprint density at radius 2 is 2.24 bits per heavy atom. The second-order valence-corrected chi connectivity index (χ2v) is 4.45. The number of benzene rings is 1. The summed E-state index contributed by atoms with van der Waals surface area (Å²) in [4.78, 5) is 0. The summed E-state index contributed by atoms with van der Waals surface area (Å²) in [5.74, 6) is 0.620. The average molecular weight is 272 g/mol. The van der Waals surface area contributed by atoms with Crippen molar-refractivity contribution in [2.24, 2.45) is 0 Å². The summed E-state index contributed by atoms with van der Waals surface area (Å²) in [6, 6.07) is 5.42. The third-order valence-electron chi connectivity index (χ3n) is 2.36. The number of hydrogen-bond acceptors (Lipinski definition) is 4. The van der Waals surface area contributed by atoms with Crippen LogP contribution in [0.2, 0.25) is 10.0 Å². The van der Waals surface area contributed by atoms with Crippen LogP contribution >= 0.6 is 23.2 Å². The van der Waals surface area contributed by atoms with Gasteiger partial charge in [-0.3, -0.25) is 0 Å². The highest BCUT2D eigenvalue weighted by atomic mass is 35.5. The molecule has 0 saturated carbocycles. The summed E-state index contributed by atoms with van der Waals surface area (Å²) in [7, 11) is 0. The van der Waals surface area contributed by atoms with Crippen LogP contribution in [0.15, 0.2) is 18.2 Å². The maximum Gasteiger partial charge on any atom is 0.191 e. The van der Waals surface area contributed by atoms with E-state index in [1.54, 1.807) is 6.07 Å². The molecule has 0 fully saturated rings. The first kappa shape index (κ1) is 12.3. The number of nitrogens with one attached hydrogen (secondary N) is 2. The van der Waals surface area contributed by atoms with E-state index >= 15 is 0 Å². The Morgan fingerprint density at radius 3 is 2.88 bits per heavy atom. The van der Waals surface area contributed by atoms with E-state index in [4.69, 9.17) is 23.2 Å². The zero-order valence-electron chi connectivity index (χ0n) is 9.11. The van der Waals surface area contributed by atoms with Gasteiger partial charge < -0.3 is 5.32 Å². The van der Waals surface area contributed by atoms with Gasteiger partial charge in [-0.15, -0.1) is 10.2 Å². The molecule has 0 aliphatic heterocycles. The third kappa shape index (κ3) is 3.15. The van der Waals surface area contributed by atoms with E-state index in [9.17, 15) is 0 Å². The Labute approximate surface area is 109 Å². The Kier molecular flexibility index (Phi) is 3.93. The molecule has 1 heterocycles. The van der Waals surface area contributed by atoms with E-state index < -0.39 is 0 Å². The molecule has 0 aliphatic rings. The lowest BCUT2D eigenvalue weighted by atomic mass is 10.2. The molecule has 1 aromatic heterocycles. The van der Waals surface area contributed by atoms with Crippen molar-refractivity contribution < 1.29 is 0 Å². The Morgan fingerprint density at radius 1 is 1.41 bits per heavy atom. The van der Waals surface area contributed by atoms with E-state index in [0.29, 0.717) is 22.4 Å². The number of nitrogens with zero attached hydrogens (tertiary/aromatic N) is 3. The van der Waals surface area contributed by atoms with Gasteiger partial charge in [0.2, 0.25) is 0 Å². The first-order valence-corrected chi connectivity index (χ1v) is 5.83. The number of tetrazole rings is 1. The van der Waals surface area contributed by atoms with Gasteiger partial charge in [-0.1, -0.05) is 34.5 Å². The lowest BCUT2D eigenvalue weighted by Crippen LogP contribution is -2.19. The smallest absolute Gasteiger partial charge is 0.191 e. The molecule has 2 rings (SSSR count). The molecule has 0 bridgehead atoms. The van der Waals surface area contributed by atoms with Crippen LogP contribution in [0, 0.1) is 0 Å². The van der Waals surface area contributed by atoms with Crippen molar-refractivity contribution in [3.05, 3.63) is 39.6 Å². The number of halogens is 2. The Hall–Kier alpha value is -1.17. The molecule has 1 unspecified atom stereocenters. The van der Waals surface area contributed by atoms with E-state index in [2.05, 4.69) is 25.9 Å². The zero-order chi connectivity index (χ0) is 12.3. The topological polar surface area (TPSA) is 66.5 Å². The van der Waals surface area contributed by atoms with Crippen molar-refractivity contribution in [1.29, 1.82) is 0 Å². The van der Waals surface area contributed by atoms with Crippen molar-refractivity contribution in [3.8, 4) is 0 Å². The summed E-state index contributed by atoms with van der Waals surface area (Å²) >= 11 is 11.9. The molecule has 1 aromatic carbocycles. The number of H-pyrrole nitrogens is 1. The summed E-state index contributed by atoms with van der Waals surface area (Å²) < 4.78 is 0. The molecule has 0 amide bonds. The van der Waals surface area contributed by atoms with Crippen LogP contribution in [0.4, 0.5) is 0 Å². The number of aromatic amines is 1. The Balaban J connectivity index is 1.98. The minimum Gasteiger partial charge on any atom is -0.303 e. The maximum atomic E-state index is 6.06. The van der Waals surface area contributed by atoms with E-state index in [0.717, 1.165) is 5.56 Å². The molecular weight excluding hydrogens is 261 g/mol. The minimum atomic E-state index is 0.000458. The molecule has 0 saturated heterocycles. The molecule has 1 atom stereocenters. The molecular formula is C10H11Cl2N5. The molecule has 0 radical (unpaired) electrons. The molecule has 7 heteroatoms. The number of hydrogen-bond donors (Lipinski definition) is 2. The summed E-state index contributed by atoms with van der Waals surface area (Å²) in [5.41, 5.74) is 0.978. The van der Waals surface area contributed by atoms with Crippen LogP contribution in [0.1, 0.15) is 24.4 Å². The lowest BCUT2D eigenvalue weighted by Gasteiger charge is -2.10. The van der Waals surface area contributed by atoms with Gasteiger partial charge in [0.1, 0.15) is 0 Å².